The summed E-state index contributed by atoms with van der Waals surface area (Å²) in [5, 5.41) is 0. The summed E-state index contributed by atoms with van der Waals surface area (Å²) in [6.07, 6.45) is 9.17. The van der Waals surface area contributed by atoms with Crippen LogP contribution in [-0.2, 0) is 9.53 Å². The first-order chi connectivity index (χ1) is 9.36. The molecule has 0 saturated heterocycles. The van der Waals surface area contributed by atoms with Crippen molar-refractivity contribution in [1.82, 2.24) is 0 Å². The maximum Gasteiger partial charge on any atom is 0.302 e. The smallest absolute Gasteiger partial charge is 0.302 e. The number of carbonyl (C=O) groups is 1. The van der Waals surface area contributed by atoms with Crippen molar-refractivity contribution in [3.8, 4) is 0 Å². The molecule has 0 aliphatic rings. The highest BCUT2D eigenvalue weighted by atomic mass is 16.5. The Bertz CT molecular complexity index is 250. The Morgan fingerprint density at radius 1 is 0.900 bits per heavy atom. The highest BCUT2D eigenvalue weighted by Crippen LogP contribution is 2.21. The Labute approximate surface area is 126 Å². The summed E-state index contributed by atoms with van der Waals surface area (Å²) in [7, 11) is 0. The Morgan fingerprint density at radius 3 is 1.90 bits per heavy atom. The van der Waals surface area contributed by atoms with Crippen molar-refractivity contribution < 1.29 is 9.53 Å². The summed E-state index contributed by atoms with van der Waals surface area (Å²) in [6.45, 7) is 12.7. The van der Waals surface area contributed by atoms with Crippen LogP contribution in [0.25, 0.3) is 0 Å². The first kappa shape index (κ1) is 19.5. The van der Waals surface area contributed by atoms with Gasteiger partial charge >= 0.3 is 5.97 Å². The van der Waals surface area contributed by atoms with Crippen molar-refractivity contribution in [2.45, 2.75) is 92.6 Å². The van der Waals surface area contributed by atoms with Crippen LogP contribution >= 0.6 is 0 Å². The predicted octanol–water partition coefficient (Wildman–Crippen LogP) is 5.60. The molecule has 120 valence electrons. The molecule has 0 N–H and O–H groups in total. The van der Waals surface area contributed by atoms with Gasteiger partial charge < -0.3 is 4.74 Å². The molecule has 2 heteroatoms. The molecule has 0 aliphatic heterocycles. The fourth-order valence-corrected chi connectivity index (χ4v) is 2.56. The Kier molecular flexibility index (Phi) is 10.9. The minimum absolute atomic E-state index is 0.0493. The van der Waals surface area contributed by atoms with Crippen LogP contribution in [0.15, 0.2) is 0 Å². The molecule has 0 aromatic rings. The second kappa shape index (κ2) is 11.2. The number of ether oxygens (including phenoxy) is 1. The van der Waals surface area contributed by atoms with Gasteiger partial charge in [-0.3, -0.25) is 4.79 Å². The summed E-state index contributed by atoms with van der Waals surface area (Å²) in [6, 6.07) is 0. The van der Waals surface area contributed by atoms with E-state index in [1.165, 1.54) is 45.4 Å². The Morgan fingerprint density at radius 2 is 1.40 bits per heavy atom. The lowest BCUT2D eigenvalue weighted by Crippen LogP contribution is -2.20. The van der Waals surface area contributed by atoms with Gasteiger partial charge in [-0.2, -0.15) is 0 Å². The van der Waals surface area contributed by atoms with Crippen LogP contribution in [0.4, 0.5) is 0 Å². The maximum atomic E-state index is 10.9. The number of rotatable bonds is 11. The van der Waals surface area contributed by atoms with Crippen molar-refractivity contribution in [2.24, 2.45) is 17.8 Å². The maximum absolute atomic E-state index is 10.9. The Hall–Kier alpha value is -0.530. The Balaban J connectivity index is 3.64. The van der Waals surface area contributed by atoms with E-state index < -0.39 is 0 Å². The van der Waals surface area contributed by atoms with Crippen LogP contribution in [0.2, 0.25) is 0 Å². The van der Waals surface area contributed by atoms with Crippen molar-refractivity contribution in [1.29, 1.82) is 0 Å². The fraction of sp³-hybridized carbons (Fsp3) is 0.944. The molecule has 0 saturated carbocycles. The van der Waals surface area contributed by atoms with Gasteiger partial charge in [-0.1, -0.05) is 66.2 Å². The largest absolute Gasteiger partial charge is 0.463 e. The molecule has 0 amide bonds. The van der Waals surface area contributed by atoms with E-state index in [0.717, 1.165) is 18.3 Å². The van der Waals surface area contributed by atoms with Crippen LogP contribution in [0.1, 0.15) is 86.5 Å². The zero-order valence-corrected chi connectivity index (χ0v) is 14.6. The number of esters is 1. The van der Waals surface area contributed by atoms with Crippen molar-refractivity contribution in [3.05, 3.63) is 0 Å². The number of carbonyl (C=O) groups excluding carboxylic acids is 1. The monoisotopic (exact) mass is 284 g/mol. The van der Waals surface area contributed by atoms with Gasteiger partial charge in [0, 0.05) is 6.92 Å². The van der Waals surface area contributed by atoms with Gasteiger partial charge in [-0.15, -0.1) is 0 Å². The molecule has 2 nitrogen and oxygen atoms in total. The third-order valence-corrected chi connectivity index (χ3v) is 4.60. The van der Waals surface area contributed by atoms with Gasteiger partial charge in [0.05, 0.1) is 0 Å². The van der Waals surface area contributed by atoms with E-state index in [2.05, 4.69) is 27.7 Å². The summed E-state index contributed by atoms with van der Waals surface area (Å²) >= 11 is 0. The zero-order valence-electron chi connectivity index (χ0n) is 14.6. The fourth-order valence-electron chi connectivity index (χ4n) is 2.56. The number of hydrogen-bond acceptors (Lipinski definition) is 2. The average Bonchev–Trinajstić information content (AvgIpc) is 2.37. The van der Waals surface area contributed by atoms with Gasteiger partial charge in [-0.25, -0.2) is 0 Å². The zero-order chi connectivity index (χ0) is 15.5. The summed E-state index contributed by atoms with van der Waals surface area (Å²) < 4.78 is 5.23. The minimum atomic E-state index is -0.164. The van der Waals surface area contributed by atoms with Crippen molar-refractivity contribution in [3.63, 3.8) is 0 Å². The normalized spacial score (nSPS) is 17.3. The highest BCUT2D eigenvalue weighted by Gasteiger charge is 2.15. The first-order valence-corrected chi connectivity index (χ1v) is 8.54. The standard InChI is InChI=1S/C18H36O2/c1-7-14(2)10-8-11-15(3)12-9-13-16(4)17(5)20-18(6)19/h14-17H,7-13H2,1-6H3/t14-,15-,16-,17-/m1/s1. The highest BCUT2D eigenvalue weighted by molar-refractivity contribution is 5.66. The molecule has 0 radical (unpaired) electrons. The molecule has 20 heavy (non-hydrogen) atoms. The molecule has 0 aromatic heterocycles. The van der Waals surface area contributed by atoms with Gasteiger partial charge in [-0.05, 0) is 31.1 Å². The summed E-state index contributed by atoms with van der Waals surface area (Å²) in [5.41, 5.74) is 0. The van der Waals surface area contributed by atoms with Crippen LogP contribution in [0.3, 0.4) is 0 Å². The second-order valence-corrected chi connectivity index (χ2v) is 6.77. The first-order valence-electron chi connectivity index (χ1n) is 8.54. The van der Waals surface area contributed by atoms with E-state index in [1.54, 1.807) is 0 Å². The third kappa shape index (κ3) is 10.3. The van der Waals surface area contributed by atoms with Crippen LogP contribution in [0, 0.1) is 17.8 Å². The quantitative estimate of drug-likeness (QED) is 0.462. The van der Waals surface area contributed by atoms with Crippen molar-refractivity contribution >= 4 is 5.97 Å². The van der Waals surface area contributed by atoms with Crippen LogP contribution in [-0.4, -0.2) is 12.1 Å². The topological polar surface area (TPSA) is 26.3 Å². The van der Waals surface area contributed by atoms with Crippen LogP contribution in [0.5, 0.6) is 0 Å². The third-order valence-electron chi connectivity index (χ3n) is 4.60. The molecule has 0 spiro atoms. The molecule has 0 fully saturated rings. The van der Waals surface area contributed by atoms with Gasteiger partial charge in [0.1, 0.15) is 6.10 Å². The molecule has 0 aromatic carbocycles. The number of hydrogen-bond donors (Lipinski definition) is 0. The lowest BCUT2D eigenvalue weighted by Gasteiger charge is -2.20. The molecule has 0 rings (SSSR count). The lowest BCUT2D eigenvalue weighted by molar-refractivity contribution is -0.147. The van der Waals surface area contributed by atoms with Crippen LogP contribution < -0.4 is 0 Å². The summed E-state index contributed by atoms with van der Waals surface area (Å²) in [4.78, 5) is 10.9. The molecule has 0 aliphatic carbocycles. The van der Waals surface area contributed by atoms with Gasteiger partial charge in [0.15, 0.2) is 0 Å². The second-order valence-electron chi connectivity index (χ2n) is 6.77. The van der Waals surface area contributed by atoms with E-state index >= 15 is 0 Å². The molecular formula is C18H36O2. The molecule has 0 unspecified atom stereocenters. The average molecular weight is 284 g/mol. The SMILES string of the molecule is CC[C@@H](C)CCC[C@@H](C)CCC[C@@H](C)[C@@H](C)OC(C)=O. The van der Waals surface area contributed by atoms with E-state index in [9.17, 15) is 4.79 Å². The molecule has 0 bridgehead atoms. The molecular weight excluding hydrogens is 248 g/mol. The van der Waals surface area contributed by atoms with Crippen molar-refractivity contribution in [2.75, 3.05) is 0 Å². The van der Waals surface area contributed by atoms with E-state index in [0.29, 0.717) is 5.92 Å². The minimum Gasteiger partial charge on any atom is -0.463 e. The predicted molar refractivity (Wildman–Crippen MR) is 86.7 cm³/mol. The lowest BCUT2D eigenvalue weighted by atomic mass is 9.91. The summed E-state index contributed by atoms with van der Waals surface area (Å²) in [5.74, 6) is 2.01. The van der Waals surface area contributed by atoms with Gasteiger partial charge in [0.2, 0.25) is 0 Å². The van der Waals surface area contributed by atoms with E-state index in [1.807, 2.05) is 6.92 Å². The van der Waals surface area contributed by atoms with E-state index in [4.69, 9.17) is 4.74 Å². The van der Waals surface area contributed by atoms with E-state index in [-0.39, 0.29) is 12.1 Å². The molecule has 4 atom stereocenters. The van der Waals surface area contributed by atoms with Gasteiger partial charge in [0.25, 0.3) is 0 Å². The molecule has 0 heterocycles.